The number of anilines is 2. The van der Waals surface area contributed by atoms with Gasteiger partial charge >= 0.3 is 0 Å². The minimum Gasteiger partial charge on any atom is -0.445 e. The van der Waals surface area contributed by atoms with E-state index in [1.807, 2.05) is 97.1 Å². The maximum absolute atomic E-state index is 6.69. The Kier molecular flexibility index (Phi) is 5.80. The maximum atomic E-state index is 6.69. The van der Waals surface area contributed by atoms with E-state index < -0.39 is 5.79 Å². The molecule has 0 spiro atoms. The smallest absolute Gasteiger partial charge is 0.284 e. The Balaban J connectivity index is 1.93. The van der Waals surface area contributed by atoms with Crippen molar-refractivity contribution < 1.29 is 9.47 Å². The second kappa shape index (κ2) is 8.84. The summed E-state index contributed by atoms with van der Waals surface area (Å²) in [6.45, 7) is 2.08. The molecule has 0 fully saturated rings. The molecule has 0 aliphatic carbocycles. The molecule has 4 aromatic rings. The van der Waals surface area contributed by atoms with Gasteiger partial charge in [0.1, 0.15) is 11.5 Å². The number of para-hydroxylation sites is 4. The van der Waals surface area contributed by atoms with Gasteiger partial charge in [-0.25, -0.2) is 0 Å². The van der Waals surface area contributed by atoms with Crippen molar-refractivity contribution in [2.75, 3.05) is 11.5 Å². The highest BCUT2D eigenvalue weighted by molar-refractivity contribution is 5.54. The molecule has 0 bridgehead atoms. The molecular formula is C27H26N2O2. The summed E-state index contributed by atoms with van der Waals surface area (Å²) in [5, 5.41) is 0. The molecule has 0 saturated carbocycles. The maximum Gasteiger partial charge on any atom is 0.284 e. The van der Waals surface area contributed by atoms with E-state index in [1.165, 1.54) is 0 Å². The van der Waals surface area contributed by atoms with E-state index in [0.29, 0.717) is 22.9 Å². The zero-order valence-electron chi connectivity index (χ0n) is 17.4. The Morgan fingerprint density at radius 2 is 1.00 bits per heavy atom. The quantitative estimate of drug-likeness (QED) is 0.291. The Morgan fingerprint density at radius 3 is 1.48 bits per heavy atom. The lowest BCUT2D eigenvalue weighted by molar-refractivity contribution is -0.138. The van der Waals surface area contributed by atoms with Crippen LogP contribution in [-0.4, -0.2) is 0 Å². The van der Waals surface area contributed by atoms with E-state index in [9.17, 15) is 0 Å². The van der Waals surface area contributed by atoms with Crippen molar-refractivity contribution in [2.45, 2.75) is 18.6 Å². The highest BCUT2D eigenvalue weighted by Gasteiger charge is 2.45. The van der Waals surface area contributed by atoms with E-state index in [4.69, 9.17) is 20.9 Å². The van der Waals surface area contributed by atoms with Gasteiger partial charge in [0, 0.05) is 5.56 Å². The highest BCUT2D eigenvalue weighted by Crippen LogP contribution is 2.44. The molecule has 0 aromatic heterocycles. The molecule has 31 heavy (non-hydrogen) atoms. The van der Waals surface area contributed by atoms with Crippen molar-refractivity contribution in [3.63, 3.8) is 0 Å². The van der Waals surface area contributed by atoms with E-state index in [0.717, 1.165) is 11.1 Å². The predicted octanol–water partition coefficient (Wildman–Crippen LogP) is 5.97. The fourth-order valence-electron chi connectivity index (χ4n) is 3.67. The molecule has 4 aromatic carbocycles. The number of rotatable bonds is 7. The summed E-state index contributed by atoms with van der Waals surface area (Å²) in [4.78, 5) is 0. The fraction of sp³-hybridized carbons (Fsp3) is 0.111. The summed E-state index contributed by atoms with van der Waals surface area (Å²) in [6.07, 6.45) is 0. The van der Waals surface area contributed by atoms with Crippen LogP contribution < -0.4 is 20.9 Å². The summed E-state index contributed by atoms with van der Waals surface area (Å²) in [5.74, 6) is -0.323. The zero-order chi connectivity index (χ0) is 21.7. The third-order valence-electron chi connectivity index (χ3n) is 5.41. The van der Waals surface area contributed by atoms with Gasteiger partial charge < -0.3 is 20.9 Å². The summed E-state index contributed by atoms with van der Waals surface area (Å²) in [7, 11) is 0. The van der Waals surface area contributed by atoms with Gasteiger partial charge in [0.25, 0.3) is 5.79 Å². The second-order valence-electron chi connectivity index (χ2n) is 7.45. The molecule has 156 valence electrons. The normalized spacial score (nSPS) is 12.2. The first-order valence-corrected chi connectivity index (χ1v) is 10.3. The van der Waals surface area contributed by atoms with E-state index in [-0.39, 0.29) is 5.92 Å². The van der Waals surface area contributed by atoms with Crippen molar-refractivity contribution >= 4 is 11.4 Å². The molecule has 0 amide bonds. The van der Waals surface area contributed by atoms with Crippen molar-refractivity contribution in [1.82, 2.24) is 0 Å². The largest absolute Gasteiger partial charge is 0.445 e. The average molecular weight is 411 g/mol. The number of nitrogens with two attached hydrogens (primary N) is 2. The summed E-state index contributed by atoms with van der Waals surface area (Å²) in [6, 6.07) is 34.9. The van der Waals surface area contributed by atoms with Crippen LogP contribution in [0.1, 0.15) is 24.0 Å². The van der Waals surface area contributed by atoms with Crippen LogP contribution in [0.5, 0.6) is 11.5 Å². The SMILES string of the molecule is CC(c1ccccc1)C(Oc1ccccc1N)(Oc1ccccc1N)c1ccccc1. The van der Waals surface area contributed by atoms with Gasteiger partial charge in [-0.2, -0.15) is 0 Å². The second-order valence-corrected chi connectivity index (χ2v) is 7.45. The fourth-order valence-corrected chi connectivity index (χ4v) is 3.67. The lowest BCUT2D eigenvalue weighted by Gasteiger charge is -2.40. The first-order valence-electron chi connectivity index (χ1n) is 10.3. The Bertz CT molecular complexity index is 1080. The van der Waals surface area contributed by atoms with Crippen LogP contribution in [0.15, 0.2) is 109 Å². The molecule has 0 heterocycles. The monoisotopic (exact) mass is 410 g/mol. The molecule has 4 nitrogen and oxygen atoms in total. The first kappa shape index (κ1) is 20.4. The van der Waals surface area contributed by atoms with E-state index in [2.05, 4.69) is 19.1 Å². The topological polar surface area (TPSA) is 70.5 Å². The van der Waals surface area contributed by atoms with Crippen LogP contribution in [0, 0.1) is 0 Å². The predicted molar refractivity (Wildman–Crippen MR) is 126 cm³/mol. The zero-order valence-corrected chi connectivity index (χ0v) is 17.4. The minimum atomic E-state index is -1.21. The number of benzene rings is 4. The van der Waals surface area contributed by atoms with Crippen molar-refractivity contribution in [1.29, 1.82) is 0 Å². The molecule has 0 aliphatic heterocycles. The van der Waals surface area contributed by atoms with Gasteiger partial charge in [-0.3, -0.25) is 0 Å². The van der Waals surface area contributed by atoms with Crippen LogP contribution in [0.4, 0.5) is 11.4 Å². The molecule has 0 saturated heterocycles. The molecule has 0 aliphatic rings. The molecule has 4 rings (SSSR count). The van der Waals surface area contributed by atoms with E-state index in [1.54, 1.807) is 0 Å². The molecule has 1 atom stereocenters. The molecule has 0 radical (unpaired) electrons. The van der Waals surface area contributed by atoms with Crippen LogP contribution >= 0.6 is 0 Å². The third-order valence-corrected chi connectivity index (χ3v) is 5.41. The van der Waals surface area contributed by atoms with Crippen LogP contribution in [0.25, 0.3) is 0 Å². The molecule has 1 unspecified atom stereocenters. The number of hydrogen-bond donors (Lipinski definition) is 2. The Labute approximate surface area is 183 Å². The van der Waals surface area contributed by atoms with Crippen LogP contribution in [0.3, 0.4) is 0 Å². The van der Waals surface area contributed by atoms with Gasteiger partial charge in [-0.15, -0.1) is 0 Å². The van der Waals surface area contributed by atoms with Gasteiger partial charge in [-0.1, -0.05) is 91.9 Å². The van der Waals surface area contributed by atoms with Crippen LogP contribution in [-0.2, 0) is 5.79 Å². The molecular weight excluding hydrogens is 384 g/mol. The standard InChI is InChI=1S/C27H26N2O2/c1-20(21-12-4-2-5-13-21)27(22-14-6-3-7-15-22,30-25-18-10-8-16-23(25)28)31-26-19-11-9-17-24(26)29/h2-20H,28-29H2,1H3. The summed E-state index contributed by atoms with van der Waals surface area (Å²) in [5.41, 5.74) is 15.5. The van der Waals surface area contributed by atoms with Gasteiger partial charge in [0.2, 0.25) is 0 Å². The van der Waals surface area contributed by atoms with Crippen LogP contribution in [0.2, 0.25) is 0 Å². The molecule has 4 heteroatoms. The highest BCUT2D eigenvalue weighted by atomic mass is 16.7. The lowest BCUT2D eigenvalue weighted by Crippen LogP contribution is -2.44. The van der Waals surface area contributed by atoms with E-state index >= 15 is 0 Å². The van der Waals surface area contributed by atoms with Gasteiger partial charge in [0.05, 0.1) is 17.3 Å². The van der Waals surface area contributed by atoms with Crippen molar-refractivity contribution in [3.05, 3.63) is 120 Å². The van der Waals surface area contributed by atoms with Gasteiger partial charge in [0.15, 0.2) is 0 Å². The molecule has 4 N–H and O–H groups in total. The summed E-state index contributed by atoms with van der Waals surface area (Å²) >= 11 is 0. The Hall–Kier alpha value is -3.92. The third kappa shape index (κ3) is 4.19. The Morgan fingerprint density at radius 1 is 0.581 bits per heavy atom. The van der Waals surface area contributed by atoms with Crippen molar-refractivity contribution in [2.24, 2.45) is 0 Å². The van der Waals surface area contributed by atoms with Crippen molar-refractivity contribution in [3.8, 4) is 11.5 Å². The number of ether oxygens (including phenoxy) is 2. The van der Waals surface area contributed by atoms with Gasteiger partial charge in [-0.05, 0) is 29.8 Å². The first-order chi connectivity index (χ1) is 15.1. The summed E-state index contributed by atoms with van der Waals surface area (Å²) < 4.78 is 13.4. The number of nitrogen functional groups attached to an aromatic ring is 2. The average Bonchev–Trinajstić information content (AvgIpc) is 2.82. The minimum absolute atomic E-state index is 0.199. The number of hydrogen-bond acceptors (Lipinski definition) is 4. The lowest BCUT2D eigenvalue weighted by atomic mass is 9.86.